The van der Waals surface area contributed by atoms with E-state index in [4.69, 9.17) is 11.6 Å². The molecule has 1 fully saturated rings. The summed E-state index contributed by atoms with van der Waals surface area (Å²) in [4.78, 5) is 24.9. The molecular formula is C26H34ClN5O3S2. The van der Waals surface area contributed by atoms with E-state index in [1.165, 1.54) is 16.9 Å². The van der Waals surface area contributed by atoms with Gasteiger partial charge in [0.1, 0.15) is 6.04 Å². The zero-order valence-electron chi connectivity index (χ0n) is 20.9. The number of halogens is 1. The van der Waals surface area contributed by atoms with Crippen LogP contribution in [0.2, 0.25) is 5.02 Å². The molecule has 0 unspecified atom stereocenters. The first kappa shape index (κ1) is 25.8. The number of aryl methyl sites for hydroxylation is 2. The molecule has 1 atom stereocenters. The van der Waals surface area contributed by atoms with Gasteiger partial charge in [-0.2, -0.15) is 0 Å². The maximum Gasteiger partial charge on any atom is 0.263 e. The number of thiazole rings is 1. The van der Waals surface area contributed by atoms with Crippen molar-refractivity contribution in [3.8, 4) is 0 Å². The lowest BCUT2D eigenvalue weighted by Crippen LogP contribution is -2.55. The topological polar surface area (TPSA) is 85.9 Å². The first-order valence-corrected chi connectivity index (χ1v) is 15.0. The number of piperazine rings is 1. The van der Waals surface area contributed by atoms with Crippen molar-refractivity contribution in [3.63, 3.8) is 0 Å². The average Bonchev–Trinajstić information content (AvgIpc) is 3.31. The number of amides is 1. The van der Waals surface area contributed by atoms with Gasteiger partial charge in [-0.05, 0) is 74.7 Å². The van der Waals surface area contributed by atoms with Crippen LogP contribution in [-0.4, -0.2) is 63.0 Å². The summed E-state index contributed by atoms with van der Waals surface area (Å²) < 4.78 is 27.9. The van der Waals surface area contributed by atoms with Crippen LogP contribution in [0.25, 0.3) is 0 Å². The molecule has 0 bridgehead atoms. The van der Waals surface area contributed by atoms with Gasteiger partial charge in [-0.15, -0.1) is 11.3 Å². The highest BCUT2D eigenvalue weighted by Crippen LogP contribution is 2.31. The first-order chi connectivity index (χ1) is 17.7. The lowest BCUT2D eigenvalue weighted by molar-refractivity contribution is -0.132. The number of hydrogen-bond acceptors (Lipinski definition) is 7. The van der Waals surface area contributed by atoms with E-state index in [-0.39, 0.29) is 19.7 Å². The number of anilines is 3. The molecule has 8 nitrogen and oxygen atoms in total. The zero-order chi connectivity index (χ0) is 26.2. The fourth-order valence-corrected chi connectivity index (χ4v) is 7.09. The number of sulfonamides is 1. The summed E-state index contributed by atoms with van der Waals surface area (Å²) in [5.41, 5.74) is 3.24. The Balaban J connectivity index is 0.00000210. The highest BCUT2D eigenvalue weighted by Gasteiger charge is 2.31. The zero-order valence-corrected chi connectivity index (χ0v) is 23.2. The number of hydrogen-bond donors (Lipinski definition) is 1. The number of aromatic nitrogens is 1. The van der Waals surface area contributed by atoms with Crippen molar-refractivity contribution in [2.24, 2.45) is 0 Å². The maximum absolute atomic E-state index is 13.4. The van der Waals surface area contributed by atoms with Crippen LogP contribution in [0.5, 0.6) is 0 Å². The van der Waals surface area contributed by atoms with Crippen LogP contribution in [0, 0.1) is 6.92 Å². The van der Waals surface area contributed by atoms with E-state index >= 15 is 0 Å². The molecule has 0 radical (unpaired) electrons. The molecule has 3 aromatic rings. The molecule has 37 heavy (non-hydrogen) atoms. The first-order valence-electron chi connectivity index (χ1n) is 12.4. The van der Waals surface area contributed by atoms with Crippen molar-refractivity contribution in [1.82, 2.24) is 9.88 Å². The summed E-state index contributed by atoms with van der Waals surface area (Å²) in [7, 11) is -3.70. The summed E-state index contributed by atoms with van der Waals surface area (Å²) in [6.45, 7) is 7.33. The van der Waals surface area contributed by atoms with E-state index in [9.17, 15) is 13.2 Å². The fourth-order valence-electron chi connectivity index (χ4n) is 4.99. The summed E-state index contributed by atoms with van der Waals surface area (Å²) in [5, 5.41) is 1.08. The van der Waals surface area contributed by atoms with Crippen molar-refractivity contribution in [2.75, 3.05) is 47.2 Å². The third kappa shape index (κ3) is 5.56. The lowest BCUT2D eigenvalue weighted by Gasteiger charge is -2.41. The van der Waals surface area contributed by atoms with Crippen molar-refractivity contribution >= 4 is 55.4 Å². The van der Waals surface area contributed by atoms with E-state index in [0.29, 0.717) is 31.3 Å². The van der Waals surface area contributed by atoms with Crippen molar-refractivity contribution in [2.45, 2.75) is 37.6 Å². The number of rotatable bonds is 6. The predicted molar refractivity (Wildman–Crippen MR) is 154 cm³/mol. The smallest absolute Gasteiger partial charge is 0.263 e. The van der Waals surface area contributed by atoms with Gasteiger partial charge in [0, 0.05) is 63.0 Å². The van der Waals surface area contributed by atoms with Gasteiger partial charge in [0.25, 0.3) is 10.0 Å². The Bertz CT molecular complexity index is 1400. The molecule has 2 aromatic carbocycles. The van der Waals surface area contributed by atoms with Crippen LogP contribution in [-0.2, 0) is 21.2 Å². The van der Waals surface area contributed by atoms with E-state index in [1.807, 2.05) is 49.1 Å². The van der Waals surface area contributed by atoms with E-state index in [1.54, 1.807) is 18.3 Å². The molecule has 200 valence electrons. The number of fused-ring (bicyclic) bond motifs is 1. The molecule has 2 aliphatic heterocycles. The summed E-state index contributed by atoms with van der Waals surface area (Å²) in [5.74, 6) is 0.132. The van der Waals surface area contributed by atoms with E-state index < -0.39 is 10.0 Å². The molecule has 3 heterocycles. The molecule has 0 saturated carbocycles. The molecule has 0 aliphatic carbocycles. The Morgan fingerprint density at radius 2 is 1.84 bits per heavy atom. The molecule has 1 N–H and O–H groups in total. The summed E-state index contributed by atoms with van der Waals surface area (Å²) in [6.07, 6.45) is 3.62. The summed E-state index contributed by atoms with van der Waals surface area (Å²) in [6, 6.07) is 12.5. The summed E-state index contributed by atoms with van der Waals surface area (Å²) >= 11 is 7.48. The van der Waals surface area contributed by atoms with Crippen LogP contribution >= 0.6 is 22.9 Å². The van der Waals surface area contributed by atoms with Gasteiger partial charge in [0.05, 0.1) is 4.90 Å². The Kier molecular flexibility index (Phi) is 7.33. The van der Waals surface area contributed by atoms with Gasteiger partial charge in [-0.25, -0.2) is 13.4 Å². The Morgan fingerprint density at radius 3 is 2.51 bits per heavy atom. The SMILES string of the molecule is Cc1cnc(NS(=O)(=O)c2ccc(N3CCN(C(=O)[C@H](C)N4CCCc5cc(Cl)ccc54)CC3)cc2)s1.[HH].[HH]. The minimum Gasteiger partial charge on any atom is -0.368 e. The normalized spacial score (nSPS) is 16.9. The number of carbonyl (C=O) groups is 1. The molecule has 2 aliphatic rings. The van der Waals surface area contributed by atoms with Crippen molar-refractivity contribution < 1.29 is 16.1 Å². The molecule has 1 amide bonds. The number of benzene rings is 2. The van der Waals surface area contributed by atoms with E-state index in [0.717, 1.165) is 40.7 Å². The average molecular weight is 564 g/mol. The van der Waals surface area contributed by atoms with Crippen LogP contribution in [0.15, 0.2) is 53.6 Å². The quantitative estimate of drug-likeness (QED) is 0.460. The highest BCUT2D eigenvalue weighted by atomic mass is 35.5. The number of carbonyl (C=O) groups excluding carboxylic acids is 1. The Hall–Kier alpha value is -2.82. The Labute approximate surface area is 229 Å². The number of nitrogens with zero attached hydrogens (tertiary/aromatic N) is 4. The molecule has 1 saturated heterocycles. The van der Waals surface area contributed by atoms with Crippen LogP contribution < -0.4 is 14.5 Å². The molecule has 5 rings (SSSR count). The van der Waals surface area contributed by atoms with Crippen molar-refractivity contribution in [1.29, 1.82) is 0 Å². The third-order valence-electron chi connectivity index (χ3n) is 6.97. The van der Waals surface area contributed by atoms with Gasteiger partial charge < -0.3 is 14.7 Å². The highest BCUT2D eigenvalue weighted by molar-refractivity contribution is 7.93. The van der Waals surface area contributed by atoms with Gasteiger partial charge in [-0.3, -0.25) is 9.52 Å². The van der Waals surface area contributed by atoms with Crippen LogP contribution in [0.4, 0.5) is 16.5 Å². The Morgan fingerprint density at radius 1 is 1.11 bits per heavy atom. The largest absolute Gasteiger partial charge is 0.368 e. The third-order valence-corrected chi connectivity index (χ3v) is 9.51. The van der Waals surface area contributed by atoms with Gasteiger partial charge in [-0.1, -0.05) is 11.6 Å². The van der Waals surface area contributed by atoms with Gasteiger partial charge in [0.15, 0.2) is 5.13 Å². The minimum atomic E-state index is -3.70. The predicted octanol–water partition coefficient (Wildman–Crippen LogP) is 4.89. The minimum absolute atomic E-state index is 0. The van der Waals surface area contributed by atoms with Crippen LogP contribution in [0.3, 0.4) is 0 Å². The molecule has 11 heteroatoms. The number of nitrogens with one attached hydrogen (secondary N) is 1. The molecular weight excluding hydrogens is 530 g/mol. The standard InChI is InChI=1S/C26H30ClN5O3S2.2H2/c1-18-17-28-26(36-18)29-37(34,35)23-8-6-22(7-9-23)30-12-14-31(15-13-30)25(33)19(2)32-11-3-4-20-16-21(27)5-10-24(20)32;;/h5-10,16-17,19H,3-4,11-15H2,1-2H3,(H,28,29);2*1H/t19-;;/m0../s1. The lowest BCUT2D eigenvalue weighted by atomic mass is 10.00. The van der Waals surface area contributed by atoms with Gasteiger partial charge in [0.2, 0.25) is 5.91 Å². The fraction of sp³-hybridized carbons (Fsp3) is 0.385. The second kappa shape index (κ2) is 10.5. The second-order valence-corrected chi connectivity index (χ2v) is 12.8. The maximum atomic E-state index is 13.4. The second-order valence-electron chi connectivity index (χ2n) is 9.43. The monoisotopic (exact) mass is 563 g/mol. The van der Waals surface area contributed by atoms with Gasteiger partial charge >= 0.3 is 0 Å². The molecule has 0 spiro atoms. The van der Waals surface area contributed by atoms with E-state index in [2.05, 4.69) is 19.5 Å². The van der Waals surface area contributed by atoms with Crippen LogP contribution in [0.1, 0.15) is 26.6 Å². The van der Waals surface area contributed by atoms with Crippen molar-refractivity contribution in [3.05, 3.63) is 64.1 Å². The molecule has 1 aromatic heterocycles.